The minimum absolute atomic E-state index is 0.462. The van der Waals surface area contributed by atoms with E-state index in [1.54, 1.807) is 30.3 Å². The van der Waals surface area contributed by atoms with Gasteiger partial charge in [-0.25, -0.2) is 8.78 Å². The zero-order chi connectivity index (χ0) is 8.27. The molecule has 0 fully saturated rings. The fourth-order valence-corrected chi connectivity index (χ4v) is 0.928. The van der Waals surface area contributed by atoms with E-state index in [1.165, 1.54) is 0 Å². The van der Waals surface area contributed by atoms with Crippen molar-refractivity contribution in [3.8, 4) is 0 Å². The molecule has 0 aromatic heterocycles. The first-order valence-corrected chi connectivity index (χ1v) is 3.62. The molecule has 0 spiro atoms. The highest BCUT2D eigenvalue weighted by Crippen LogP contribution is 2.26. The van der Waals surface area contributed by atoms with E-state index in [1.807, 2.05) is 0 Å². The van der Waals surface area contributed by atoms with Crippen molar-refractivity contribution in [1.29, 1.82) is 0 Å². The van der Waals surface area contributed by atoms with E-state index >= 15 is 0 Å². The van der Waals surface area contributed by atoms with Gasteiger partial charge in [0.15, 0.2) is 0 Å². The zero-order valence-corrected chi connectivity index (χ0v) is 6.43. The highest BCUT2D eigenvalue weighted by Gasteiger charge is 2.18. The Kier molecular flexibility index (Phi) is 2.83. The van der Waals surface area contributed by atoms with E-state index in [2.05, 4.69) is 0 Å². The summed E-state index contributed by atoms with van der Waals surface area (Å²) in [6.45, 7) is 0. The largest absolute Gasteiger partial charge is 0.258 e. The van der Waals surface area contributed by atoms with Gasteiger partial charge in [-0.3, -0.25) is 0 Å². The van der Waals surface area contributed by atoms with Crippen molar-refractivity contribution in [2.24, 2.45) is 0 Å². The number of alkyl halides is 3. The first kappa shape index (κ1) is 8.47. The van der Waals surface area contributed by atoms with Gasteiger partial charge in [0.1, 0.15) is 5.38 Å². The van der Waals surface area contributed by atoms with E-state index < -0.39 is 11.8 Å². The highest BCUT2D eigenvalue weighted by atomic mass is 35.5. The SMILES string of the molecule is FC(F)[C@H](Cl)c1ccccc1. The maximum absolute atomic E-state index is 12.0. The van der Waals surface area contributed by atoms with Crippen molar-refractivity contribution in [2.75, 3.05) is 0 Å². The lowest BCUT2D eigenvalue weighted by molar-refractivity contribution is 0.143. The Balaban J connectivity index is 2.77. The van der Waals surface area contributed by atoms with Gasteiger partial charge in [-0.2, -0.15) is 0 Å². The second-order valence-electron chi connectivity index (χ2n) is 2.15. The van der Waals surface area contributed by atoms with Crippen LogP contribution in [-0.2, 0) is 0 Å². The first-order valence-electron chi connectivity index (χ1n) is 3.19. The molecule has 11 heavy (non-hydrogen) atoms. The van der Waals surface area contributed by atoms with Gasteiger partial charge in [-0.05, 0) is 5.56 Å². The molecule has 0 heterocycles. The Morgan fingerprint density at radius 2 is 1.64 bits per heavy atom. The third kappa shape index (κ3) is 2.15. The van der Waals surface area contributed by atoms with Crippen LogP contribution >= 0.6 is 11.6 Å². The van der Waals surface area contributed by atoms with Crippen molar-refractivity contribution in [1.82, 2.24) is 0 Å². The van der Waals surface area contributed by atoms with Crippen LogP contribution in [0.5, 0.6) is 0 Å². The maximum Gasteiger partial charge on any atom is 0.258 e. The molecule has 1 atom stereocenters. The van der Waals surface area contributed by atoms with Crippen molar-refractivity contribution >= 4 is 11.6 Å². The van der Waals surface area contributed by atoms with Gasteiger partial charge in [-0.15, -0.1) is 11.6 Å². The van der Waals surface area contributed by atoms with Gasteiger partial charge in [0.25, 0.3) is 6.43 Å². The van der Waals surface area contributed by atoms with E-state index in [-0.39, 0.29) is 0 Å². The van der Waals surface area contributed by atoms with Crippen LogP contribution in [0, 0.1) is 0 Å². The Hall–Kier alpha value is -0.630. The summed E-state index contributed by atoms with van der Waals surface area (Å²) in [5, 5.41) is -1.18. The fraction of sp³-hybridized carbons (Fsp3) is 0.250. The van der Waals surface area contributed by atoms with Gasteiger partial charge >= 0.3 is 0 Å². The molecule has 0 aliphatic heterocycles. The molecule has 0 saturated carbocycles. The number of halogens is 3. The van der Waals surface area contributed by atoms with Crippen LogP contribution in [0.1, 0.15) is 10.9 Å². The van der Waals surface area contributed by atoms with Crippen molar-refractivity contribution in [2.45, 2.75) is 11.8 Å². The van der Waals surface area contributed by atoms with Crippen LogP contribution in [0.25, 0.3) is 0 Å². The second-order valence-corrected chi connectivity index (χ2v) is 2.62. The summed E-state index contributed by atoms with van der Waals surface area (Å²) in [6, 6.07) is 8.31. The smallest absolute Gasteiger partial charge is 0.208 e. The minimum Gasteiger partial charge on any atom is -0.208 e. The lowest BCUT2D eigenvalue weighted by Gasteiger charge is -2.06. The molecule has 0 unspecified atom stereocenters. The quantitative estimate of drug-likeness (QED) is 0.607. The molecule has 0 aliphatic carbocycles. The summed E-state index contributed by atoms with van der Waals surface area (Å²) in [4.78, 5) is 0. The van der Waals surface area contributed by atoms with Crippen LogP contribution in [0.4, 0.5) is 8.78 Å². The average Bonchev–Trinajstić information content (AvgIpc) is 2.05. The van der Waals surface area contributed by atoms with Gasteiger partial charge < -0.3 is 0 Å². The lowest BCUT2D eigenvalue weighted by atomic mass is 10.1. The van der Waals surface area contributed by atoms with Gasteiger partial charge in [0, 0.05) is 0 Å². The summed E-state index contributed by atoms with van der Waals surface area (Å²) in [6.07, 6.45) is -2.50. The maximum atomic E-state index is 12.0. The van der Waals surface area contributed by atoms with Crippen molar-refractivity contribution < 1.29 is 8.78 Å². The summed E-state index contributed by atoms with van der Waals surface area (Å²) >= 11 is 5.39. The Morgan fingerprint density at radius 1 is 1.09 bits per heavy atom. The third-order valence-corrected chi connectivity index (χ3v) is 1.78. The van der Waals surface area contributed by atoms with Gasteiger partial charge in [0.05, 0.1) is 0 Å². The Morgan fingerprint density at radius 3 is 2.09 bits per heavy atom. The summed E-state index contributed by atoms with van der Waals surface area (Å²) in [5.74, 6) is 0. The van der Waals surface area contributed by atoms with E-state index in [0.717, 1.165) is 0 Å². The molecule has 3 heteroatoms. The molecule has 1 rings (SSSR count). The Bertz CT molecular complexity index is 211. The molecule has 0 N–H and O–H groups in total. The molecule has 0 amide bonds. The van der Waals surface area contributed by atoms with E-state index in [4.69, 9.17) is 11.6 Å². The zero-order valence-electron chi connectivity index (χ0n) is 5.68. The molecule has 0 nitrogen and oxygen atoms in total. The monoisotopic (exact) mass is 176 g/mol. The third-order valence-electron chi connectivity index (χ3n) is 1.34. The molecule has 1 aromatic carbocycles. The van der Waals surface area contributed by atoms with Crippen LogP contribution in [0.3, 0.4) is 0 Å². The summed E-state index contributed by atoms with van der Waals surface area (Å²) < 4.78 is 24.0. The molecule has 1 aromatic rings. The van der Waals surface area contributed by atoms with Crippen molar-refractivity contribution in [3.05, 3.63) is 35.9 Å². The first-order chi connectivity index (χ1) is 5.22. The average molecular weight is 177 g/mol. The standard InChI is InChI=1S/C8H7ClF2/c9-7(8(10)11)6-4-2-1-3-5-6/h1-5,7-8H/t7-/m1/s1. The van der Waals surface area contributed by atoms with Crippen LogP contribution in [0.2, 0.25) is 0 Å². The van der Waals surface area contributed by atoms with Gasteiger partial charge in [0.2, 0.25) is 0 Å². The number of benzene rings is 1. The van der Waals surface area contributed by atoms with Gasteiger partial charge in [-0.1, -0.05) is 30.3 Å². The van der Waals surface area contributed by atoms with Crippen molar-refractivity contribution in [3.63, 3.8) is 0 Å². The fourth-order valence-electron chi connectivity index (χ4n) is 0.782. The second kappa shape index (κ2) is 3.67. The van der Waals surface area contributed by atoms with Crippen LogP contribution in [0.15, 0.2) is 30.3 Å². The lowest BCUT2D eigenvalue weighted by Crippen LogP contribution is -2.00. The molecule has 0 aliphatic rings. The summed E-state index contributed by atoms with van der Waals surface area (Å²) in [5.41, 5.74) is 0.462. The number of hydrogen-bond acceptors (Lipinski definition) is 0. The normalized spacial score (nSPS) is 13.5. The van der Waals surface area contributed by atoms with E-state index in [0.29, 0.717) is 5.56 Å². The minimum atomic E-state index is -2.50. The van der Waals surface area contributed by atoms with Crippen LogP contribution < -0.4 is 0 Å². The molecule has 0 radical (unpaired) electrons. The molecular formula is C8H7ClF2. The Labute approximate surface area is 68.8 Å². The summed E-state index contributed by atoms with van der Waals surface area (Å²) in [7, 11) is 0. The molecule has 0 bridgehead atoms. The predicted molar refractivity (Wildman–Crippen MR) is 41.0 cm³/mol. The van der Waals surface area contributed by atoms with Crippen LogP contribution in [-0.4, -0.2) is 6.43 Å². The predicted octanol–water partition coefficient (Wildman–Crippen LogP) is 3.23. The highest BCUT2D eigenvalue weighted by molar-refractivity contribution is 6.21. The number of hydrogen-bond donors (Lipinski definition) is 0. The van der Waals surface area contributed by atoms with E-state index in [9.17, 15) is 8.78 Å². The molecular weight excluding hydrogens is 170 g/mol. The molecule has 0 saturated heterocycles. The molecule has 60 valence electrons. The number of rotatable bonds is 2. The topological polar surface area (TPSA) is 0 Å².